The normalized spacial score (nSPS) is 11.0. The van der Waals surface area contributed by atoms with Gasteiger partial charge in [-0.25, -0.2) is 9.97 Å². The maximum atomic E-state index is 5.29. The van der Waals surface area contributed by atoms with Crippen LogP contribution in [0.3, 0.4) is 0 Å². The van der Waals surface area contributed by atoms with Gasteiger partial charge in [0.15, 0.2) is 0 Å². The molecule has 7 nitrogen and oxygen atoms in total. The number of aromatic nitrogens is 6. The molecular weight excluding hydrogens is 268 g/mol. The second-order valence-electron chi connectivity index (χ2n) is 5.05. The fourth-order valence-corrected chi connectivity index (χ4v) is 2.15. The first-order valence-electron chi connectivity index (χ1n) is 6.65. The lowest BCUT2D eigenvalue weighted by atomic mass is 10.1. The van der Waals surface area contributed by atoms with Crippen molar-refractivity contribution in [2.24, 2.45) is 7.05 Å². The summed E-state index contributed by atoms with van der Waals surface area (Å²) in [4.78, 5) is 12.7. The van der Waals surface area contributed by atoms with Crippen LogP contribution in [-0.4, -0.2) is 29.9 Å². The molecule has 0 N–H and O–H groups in total. The molecular formula is C14H16N6O. The fraction of sp³-hybridized carbons (Fsp3) is 0.357. The molecule has 108 valence electrons. The van der Waals surface area contributed by atoms with E-state index in [-0.39, 0.29) is 0 Å². The molecule has 0 radical (unpaired) electrons. The first-order chi connectivity index (χ1) is 10.0. The molecule has 3 heterocycles. The summed E-state index contributed by atoms with van der Waals surface area (Å²) in [5, 5.41) is 8.32. The van der Waals surface area contributed by atoms with Crippen molar-refractivity contribution in [3.8, 4) is 11.6 Å². The number of hydrogen-bond donors (Lipinski definition) is 0. The van der Waals surface area contributed by atoms with Crippen LogP contribution in [0.25, 0.3) is 11.6 Å². The highest BCUT2D eigenvalue weighted by Crippen LogP contribution is 2.18. The lowest BCUT2D eigenvalue weighted by Crippen LogP contribution is -1.96. The fourth-order valence-electron chi connectivity index (χ4n) is 2.15. The van der Waals surface area contributed by atoms with E-state index in [1.54, 1.807) is 12.4 Å². The van der Waals surface area contributed by atoms with E-state index in [9.17, 15) is 0 Å². The molecule has 0 aliphatic heterocycles. The Morgan fingerprint density at radius 2 is 1.81 bits per heavy atom. The third-order valence-electron chi connectivity index (χ3n) is 3.44. The largest absolute Gasteiger partial charge is 0.338 e. The van der Waals surface area contributed by atoms with Crippen molar-refractivity contribution in [2.45, 2.75) is 27.2 Å². The van der Waals surface area contributed by atoms with Crippen LogP contribution < -0.4 is 0 Å². The molecule has 21 heavy (non-hydrogen) atoms. The van der Waals surface area contributed by atoms with Crippen LogP contribution in [0.15, 0.2) is 16.9 Å². The lowest BCUT2D eigenvalue weighted by Gasteiger charge is -1.97. The number of rotatable bonds is 3. The monoisotopic (exact) mass is 284 g/mol. The van der Waals surface area contributed by atoms with Gasteiger partial charge in [-0.05, 0) is 26.3 Å². The van der Waals surface area contributed by atoms with Crippen LogP contribution in [-0.2, 0) is 13.5 Å². The topological polar surface area (TPSA) is 82.5 Å². The van der Waals surface area contributed by atoms with Crippen LogP contribution >= 0.6 is 0 Å². The van der Waals surface area contributed by atoms with Crippen LogP contribution in [0.1, 0.15) is 28.4 Å². The maximum absolute atomic E-state index is 5.29. The van der Waals surface area contributed by atoms with E-state index in [0.29, 0.717) is 24.0 Å². The van der Waals surface area contributed by atoms with Crippen molar-refractivity contribution in [1.82, 2.24) is 29.9 Å². The summed E-state index contributed by atoms with van der Waals surface area (Å²) in [5.41, 5.74) is 4.17. The lowest BCUT2D eigenvalue weighted by molar-refractivity contribution is 0.385. The second kappa shape index (κ2) is 5.08. The van der Waals surface area contributed by atoms with Gasteiger partial charge in [-0.2, -0.15) is 10.1 Å². The maximum Gasteiger partial charge on any atom is 0.240 e. The van der Waals surface area contributed by atoms with Crippen LogP contribution in [0.2, 0.25) is 0 Å². The van der Waals surface area contributed by atoms with Gasteiger partial charge in [0.2, 0.25) is 17.5 Å². The number of hydrogen-bond acceptors (Lipinski definition) is 6. The van der Waals surface area contributed by atoms with E-state index in [1.165, 1.54) is 0 Å². The van der Waals surface area contributed by atoms with Gasteiger partial charge in [-0.3, -0.25) is 4.68 Å². The average Bonchev–Trinajstić information content (AvgIpc) is 3.01. The van der Waals surface area contributed by atoms with Crippen molar-refractivity contribution < 1.29 is 4.52 Å². The average molecular weight is 284 g/mol. The Kier molecular flexibility index (Phi) is 3.25. The summed E-state index contributed by atoms with van der Waals surface area (Å²) in [6.07, 6.45) is 4.02. The summed E-state index contributed by atoms with van der Waals surface area (Å²) in [7, 11) is 1.92. The molecule has 0 saturated carbocycles. The molecule has 0 aliphatic carbocycles. The highest BCUT2D eigenvalue weighted by molar-refractivity contribution is 5.41. The van der Waals surface area contributed by atoms with Crippen LogP contribution in [0, 0.1) is 20.8 Å². The molecule has 0 bridgehead atoms. The third kappa shape index (κ3) is 2.54. The van der Waals surface area contributed by atoms with Gasteiger partial charge < -0.3 is 4.52 Å². The molecule has 3 aromatic heterocycles. The number of nitrogens with zero attached hydrogens (tertiary/aromatic N) is 6. The minimum absolute atomic E-state index is 0.407. The summed E-state index contributed by atoms with van der Waals surface area (Å²) in [6.45, 7) is 5.93. The summed E-state index contributed by atoms with van der Waals surface area (Å²) < 4.78 is 7.15. The van der Waals surface area contributed by atoms with Crippen molar-refractivity contribution >= 4 is 0 Å². The van der Waals surface area contributed by atoms with E-state index in [1.807, 2.05) is 32.5 Å². The van der Waals surface area contributed by atoms with Crippen molar-refractivity contribution in [2.75, 3.05) is 0 Å². The van der Waals surface area contributed by atoms with E-state index >= 15 is 0 Å². The Bertz CT molecular complexity index is 771. The Morgan fingerprint density at radius 3 is 2.43 bits per heavy atom. The Labute approximate surface area is 122 Å². The molecule has 0 unspecified atom stereocenters. The van der Waals surface area contributed by atoms with E-state index in [2.05, 4.69) is 25.2 Å². The predicted octanol–water partition coefficient (Wildman–Crippen LogP) is 1.78. The molecule has 0 amide bonds. The van der Waals surface area contributed by atoms with E-state index in [0.717, 1.165) is 22.5 Å². The standard InChI is InChI=1S/C14H16N6O/c1-8-6-15-13(16-7-8)14-17-12(21-19-14)5-11-9(2)18-20(4)10(11)3/h6-7H,5H2,1-4H3. The first kappa shape index (κ1) is 13.4. The van der Waals surface area contributed by atoms with Gasteiger partial charge in [0.1, 0.15) is 0 Å². The van der Waals surface area contributed by atoms with Crippen molar-refractivity contribution in [1.29, 1.82) is 0 Å². The van der Waals surface area contributed by atoms with Crippen LogP contribution in [0.5, 0.6) is 0 Å². The van der Waals surface area contributed by atoms with Gasteiger partial charge in [0, 0.05) is 30.7 Å². The summed E-state index contributed by atoms with van der Waals surface area (Å²) >= 11 is 0. The van der Waals surface area contributed by atoms with Gasteiger partial charge in [0.25, 0.3) is 0 Å². The molecule has 0 aliphatic rings. The molecule has 7 heteroatoms. The highest BCUT2D eigenvalue weighted by Gasteiger charge is 2.16. The summed E-state index contributed by atoms with van der Waals surface area (Å²) in [6, 6.07) is 0. The van der Waals surface area contributed by atoms with E-state index < -0.39 is 0 Å². The Balaban J connectivity index is 1.87. The van der Waals surface area contributed by atoms with Gasteiger partial charge in [-0.15, -0.1) is 0 Å². The third-order valence-corrected chi connectivity index (χ3v) is 3.44. The van der Waals surface area contributed by atoms with Gasteiger partial charge in [0.05, 0.1) is 12.1 Å². The molecule has 0 spiro atoms. The quantitative estimate of drug-likeness (QED) is 0.729. The zero-order chi connectivity index (χ0) is 15.0. The van der Waals surface area contributed by atoms with Crippen molar-refractivity contribution in [3.63, 3.8) is 0 Å². The molecule has 0 saturated heterocycles. The zero-order valence-electron chi connectivity index (χ0n) is 12.5. The molecule has 3 aromatic rings. The van der Waals surface area contributed by atoms with E-state index in [4.69, 9.17) is 4.52 Å². The second-order valence-corrected chi connectivity index (χ2v) is 5.05. The Hall–Kier alpha value is -2.57. The Morgan fingerprint density at radius 1 is 1.10 bits per heavy atom. The smallest absolute Gasteiger partial charge is 0.240 e. The van der Waals surface area contributed by atoms with Gasteiger partial charge in [-0.1, -0.05) is 5.16 Å². The minimum Gasteiger partial charge on any atom is -0.338 e. The molecule has 3 rings (SSSR count). The molecule has 0 aromatic carbocycles. The van der Waals surface area contributed by atoms with Gasteiger partial charge >= 0.3 is 0 Å². The zero-order valence-corrected chi connectivity index (χ0v) is 12.5. The molecule has 0 fully saturated rings. The number of aryl methyl sites for hydroxylation is 3. The summed E-state index contributed by atoms with van der Waals surface area (Å²) in [5.74, 6) is 1.41. The van der Waals surface area contributed by atoms with Crippen molar-refractivity contribution in [3.05, 3.63) is 40.8 Å². The highest BCUT2D eigenvalue weighted by atomic mass is 16.5. The minimum atomic E-state index is 0.407. The predicted molar refractivity (Wildman–Crippen MR) is 75.5 cm³/mol. The molecule has 0 atom stereocenters. The SMILES string of the molecule is Cc1cnc(-c2noc(Cc3c(C)nn(C)c3C)n2)nc1. The van der Waals surface area contributed by atoms with Crippen LogP contribution in [0.4, 0.5) is 0 Å². The first-order valence-corrected chi connectivity index (χ1v) is 6.65.